The van der Waals surface area contributed by atoms with Crippen molar-refractivity contribution in [2.45, 2.75) is 32.2 Å². The number of aryl methyl sites for hydroxylation is 2. The van der Waals surface area contributed by atoms with Crippen molar-refractivity contribution < 1.29 is 23.1 Å². The van der Waals surface area contributed by atoms with Gasteiger partial charge in [-0.3, -0.25) is 23.4 Å². The summed E-state index contributed by atoms with van der Waals surface area (Å²) in [7, 11) is -2.64. The third kappa shape index (κ3) is 4.38. The standard InChI is InChI=1S/C15H23N7O7P/c1-9-11-12(18-20(9)2)14(23)21(19-13(11)17)15(24)27-8-29-30(26,28-7-3-6-16)22(25)10-4-5-10/h10H,3-8,16H2,1-2H3,(H2,17,19)/q-1. The molecule has 1 atom stereocenters. The molecule has 30 heavy (non-hydrogen) atoms. The highest BCUT2D eigenvalue weighted by atomic mass is 31.2. The molecule has 0 bridgehead atoms. The third-order valence-corrected chi connectivity index (χ3v) is 6.22. The van der Waals surface area contributed by atoms with Gasteiger partial charge in [-0.05, 0) is 32.7 Å². The molecule has 1 saturated carbocycles. The lowest BCUT2D eigenvalue weighted by molar-refractivity contribution is 0.0363. The van der Waals surface area contributed by atoms with Crippen molar-refractivity contribution >= 4 is 30.6 Å². The molecule has 0 aromatic carbocycles. The van der Waals surface area contributed by atoms with E-state index in [1.807, 2.05) is 0 Å². The maximum Gasteiger partial charge on any atom is 0.440 e. The average Bonchev–Trinajstić information content (AvgIpc) is 3.50. The first-order valence-corrected chi connectivity index (χ1v) is 10.6. The highest BCUT2D eigenvalue weighted by Gasteiger charge is 2.37. The van der Waals surface area contributed by atoms with E-state index in [-0.39, 0.29) is 29.3 Å². The monoisotopic (exact) mass is 444 g/mol. The third-order valence-electron chi connectivity index (χ3n) is 4.47. The Labute approximate surface area is 170 Å². The Morgan fingerprint density at radius 2 is 2.07 bits per heavy atom. The molecule has 0 amide bonds. The van der Waals surface area contributed by atoms with Crippen LogP contribution < -0.4 is 17.0 Å². The maximum atomic E-state index is 12.7. The highest BCUT2D eigenvalue weighted by Crippen LogP contribution is 2.56. The quantitative estimate of drug-likeness (QED) is 0.234. The highest BCUT2D eigenvalue weighted by molar-refractivity contribution is 7.51. The molecule has 1 unspecified atom stereocenters. The largest absolute Gasteiger partial charge is 0.776 e. The lowest BCUT2D eigenvalue weighted by Crippen LogP contribution is -2.32. The van der Waals surface area contributed by atoms with Gasteiger partial charge in [-0.2, -0.15) is 5.10 Å². The number of carbonyl (C=O) groups excluding carboxylic acids is 1. The van der Waals surface area contributed by atoms with Gasteiger partial charge in [0.05, 0.1) is 12.0 Å². The van der Waals surface area contributed by atoms with Gasteiger partial charge in [-0.15, -0.1) is 9.78 Å². The van der Waals surface area contributed by atoms with Crippen LogP contribution in [-0.2, 0) is 25.4 Å². The molecule has 0 radical (unpaired) electrons. The fourth-order valence-corrected chi connectivity index (χ4v) is 4.08. The molecule has 0 aliphatic heterocycles. The van der Waals surface area contributed by atoms with Gasteiger partial charge in [0.25, 0.3) is 0 Å². The molecular formula is C15H23N7O7P-. The SMILES string of the molecule is Cc1c2c(N)nn(C(=O)OCOP(=O)(OCCCN)N([O-])C3CC3)c(=O)c2nn1C. The van der Waals surface area contributed by atoms with Gasteiger partial charge in [-0.1, -0.05) is 0 Å². The molecular weight excluding hydrogens is 421 g/mol. The van der Waals surface area contributed by atoms with E-state index >= 15 is 0 Å². The Kier molecular flexibility index (Phi) is 6.55. The van der Waals surface area contributed by atoms with Crippen LogP contribution in [0.4, 0.5) is 10.6 Å². The number of rotatable bonds is 9. The van der Waals surface area contributed by atoms with Crippen LogP contribution in [0.15, 0.2) is 4.79 Å². The topological polar surface area (TPSA) is 193 Å². The molecule has 15 heteroatoms. The van der Waals surface area contributed by atoms with Gasteiger partial charge in [0, 0.05) is 18.8 Å². The molecule has 166 valence electrons. The molecule has 0 saturated heterocycles. The van der Waals surface area contributed by atoms with E-state index in [2.05, 4.69) is 10.2 Å². The van der Waals surface area contributed by atoms with Crippen LogP contribution >= 0.6 is 7.75 Å². The number of hydrogen-bond donors (Lipinski definition) is 2. The van der Waals surface area contributed by atoms with Crippen LogP contribution in [0.1, 0.15) is 25.0 Å². The Morgan fingerprint density at radius 3 is 2.70 bits per heavy atom. The summed E-state index contributed by atoms with van der Waals surface area (Å²) in [6.07, 6.45) is 0.223. The zero-order chi connectivity index (χ0) is 22.1. The van der Waals surface area contributed by atoms with E-state index in [1.54, 1.807) is 14.0 Å². The second-order valence-corrected chi connectivity index (χ2v) is 8.52. The summed E-state index contributed by atoms with van der Waals surface area (Å²) in [6.45, 7) is 0.987. The lowest BCUT2D eigenvalue weighted by atomic mass is 10.2. The number of aromatic nitrogens is 4. The van der Waals surface area contributed by atoms with Crippen molar-refractivity contribution in [3.63, 3.8) is 0 Å². The zero-order valence-electron chi connectivity index (χ0n) is 16.5. The molecule has 1 fully saturated rings. The number of nitrogens with two attached hydrogens (primary N) is 2. The predicted molar refractivity (Wildman–Crippen MR) is 105 cm³/mol. The molecule has 2 aromatic rings. The minimum absolute atomic E-state index is 0.0596. The zero-order valence-corrected chi connectivity index (χ0v) is 17.4. The van der Waals surface area contributed by atoms with Crippen LogP contribution in [0.5, 0.6) is 0 Å². The van der Waals surface area contributed by atoms with Crippen LogP contribution in [0.3, 0.4) is 0 Å². The molecule has 2 aromatic heterocycles. The van der Waals surface area contributed by atoms with Gasteiger partial charge in [-0.25, -0.2) is 9.36 Å². The predicted octanol–water partition coefficient (Wildman–Crippen LogP) is 0.415. The molecule has 1 aliphatic carbocycles. The number of nitrogen functional groups attached to an aromatic ring is 1. The first-order chi connectivity index (χ1) is 14.2. The fourth-order valence-electron chi connectivity index (χ4n) is 2.61. The summed E-state index contributed by atoms with van der Waals surface area (Å²) in [5.41, 5.74) is 10.9. The van der Waals surface area contributed by atoms with Crippen LogP contribution in [0, 0.1) is 12.1 Å². The number of hydroxylamine groups is 1. The van der Waals surface area contributed by atoms with Crippen molar-refractivity contribution in [3.05, 3.63) is 21.3 Å². The molecule has 1 aliphatic rings. The number of fused-ring (bicyclic) bond motifs is 1. The number of nitrogens with zero attached hydrogens (tertiary/aromatic N) is 5. The summed E-state index contributed by atoms with van der Waals surface area (Å²) in [5, 5.41) is 20.3. The van der Waals surface area contributed by atoms with E-state index in [0.717, 1.165) is 0 Å². The summed E-state index contributed by atoms with van der Waals surface area (Å²) < 4.78 is 29.4. The van der Waals surface area contributed by atoms with Crippen molar-refractivity contribution in [3.8, 4) is 0 Å². The molecule has 14 nitrogen and oxygen atoms in total. The van der Waals surface area contributed by atoms with Crippen LogP contribution in [-0.4, -0.2) is 56.5 Å². The van der Waals surface area contributed by atoms with E-state index in [0.29, 0.717) is 35.0 Å². The summed E-state index contributed by atoms with van der Waals surface area (Å²) in [6, 6.07) is -0.483. The average molecular weight is 444 g/mol. The second kappa shape index (κ2) is 8.79. The number of ether oxygens (including phenoxy) is 1. The summed E-state index contributed by atoms with van der Waals surface area (Å²) in [5.74, 6) is -0.0941. The molecule has 2 heterocycles. The van der Waals surface area contributed by atoms with Crippen molar-refractivity contribution in [1.82, 2.24) is 24.4 Å². The van der Waals surface area contributed by atoms with Gasteiger partial charge in [0.1, 0.15) is 0 Å². The Bertz CT molecular complexity index is 1050. The Balaban J connectivity index is 1.72. The van der Waals surface area contributed by atoms with E-state index in [9.17, 15) is 19.4 Å². The van der Waals surface area contributed by atoms with E-state index < -0.39 is 32.2 Å². The first kappa shape index (κ1) is 22.3. The first-order valence-electron chi connectivity index (χ1n) is 9.15. The van der Waals surface area contributed by atoms with Gasteiger partial charge in [0.15, 0.2) is 11.3 Å². The van der Waals surface area contributed by atoms with Crippen molar-refractivity contribution in [2.24, 2.45) is 12.8 Å². The lowest BCUT2D eigenvalue weighted by Gasteiger charge is -2.34. The fraction of sp³-hybridized carbons (Fsp3) is 0.600. The number of carbonyl (C=O) groups is 1. The number of hydrogen-bond acceptors (Lipinski definition) is 11. The minimum Gasteiger partial charge on any atom is -0.776 e. The second-order valence-electron chi connectivity index (χ2n) is 6.67. The van der Waals surface area contributed by atoms with E-state index in [4.69, 9.17) is 25.3 Å². The molecule has 3 rings (SSSR count). The van der Waals surface area contributed by atoms with Crippen molar-refractivity contribution in [2.75, 3.05) is 25.7 Å². The van der Waals surface area contributed by atoms with E-state index in [1.165, 1.54) is 4.68 Å². The maximum absolute atomic E-state index is 12.7. The normalized spacial score (nSPS) is 16.2. The Hall–Kier alpha value is -2.35. The summed E-state index contributed by atoms with van der Waals surface area (Å²) >= 11 is 0. The van der Waals surface area contributed by atoms with Crippen LogP contribution in [0.25, 0.3) is 10.9 Å². The van der Waals surface area contributed by atoms with Gasteiger partial charge < -0.3 is 21.4 Å². The Morgan fingerprint density at radius 1 is 1.37 bits per heavy atom. The van der Waals surface area contributed by atoms with Crippen LogP contribution in [0.2, 0.25) is 0 Å². The molecule has 0 spiro atoms. The minimum atomic E-state index is -4.25. The van der Waals surface area contributed by atoms with Gasteiger partial charge in [0.2, 0.25) is 6.79 Å². The smallest absolute Gasteiger partial charge is 0.440 e. The summed E-state index contributed by atoms with van der Waals surface area (Å²) in [4.78, 5) is 25.0. The van der Waals surface area contributed by atoms with Gasteiger partial charge >= 0.3 is 19.4 Å². The number of anilines is 1. The molecule has 4 N–H and O–H groups in total. The van der Waals surface area contributed by atoms with Crippen molar-refractivity contribution in [1.29, 1.82) is 0 Å².